The number of guanidine groups is 1. The topological polar surface area (TPSA) is 76.4 Å². The number of aryl methyl sites for hydroxylation is 1. The van der Waals surface area contributed by atoms with Crippen molar-refractivity contribution in [1.29, 1.82) is 0 Å². The Bertz CT molecular complexity index is 569. The van der Waals surface area contributed by atoms with Crippen LogP contribution in [0, 0.1) is 5.41 Å². The molecule has 0 spiro atoms. The summed E-state index contributed by atoms with van der Waals surface area (Å²) in [5.74, 6) is 2.96. The van der Waals surface area contributed by atoms with E-state index >= 15 is 0 Å². The first-order valence-corrected chi connectivity index (χ1v) is 9.11. The fourth-order valence-electron chi connectivity index (χ4n) is 3.66. The van der Waals surface area contributed by atoms with E-state index in [0.29, 0.717) is 12.0 Å². The number of hydrogen-bond acceptors (Lipinski definition) is 4. The molecule has 0 radical (unpaired) electrons. The molecule has 142 valence electrons. The van der Waals surface area contributed by atoms with Crippen LogP contribution in [0.15, 0.2) is 4.99 Å². The Balaban J connectivity index is 0.00000225. The lowest BCUT2D eigenvalue weighted by molar-refractivity contribution is 0.0732. The second-order valence-corrected chi connectivity index (χ2v) is 7.02. The van der Waals surface area contributed by atoms with Crippen molar-refractivity contribution in [1.82, 2.24) is 25.4 Å². The van der Waals surface area contributed by atoms with Crippen molar-refractivity contribution < 1.29 is 4.74 Å². The van der Waals surface area contributed by atoms with E-state index in [4.69, 9.17) is 4.74 Å². The monoisotopic (exact) mass is 462 g/mol. The summed E-state index contributed by atoms with van der Waals surface area (Å²) >= 11 is 0. The average Bonchev–Trinajstić information content (AvgIpc) is 2.99. The van der Waals surface area contributed by atoms with Gasteiger partial charge < -0.3 is 19.9 Å². The molecule has 0 aromatic carbocycles. The van der Waals surface area contributed by atoms with Gasteiger partial charge in [0.2, 0.25) is 0 Å². The van der Waals surface area contributed by atoms with Gasteiger partial charge in [-0.1, -0.05) is 6.42 Å². The van der Waals surface area contributed by atoms with Crippen LogP contribution in [0.2, 0.25) is 0 Å². The van der Waals surface area contributed by atoms with Crippen LogP contribution in [0.1, 0.15) is 50.2 Å². The van der Waals surface area contributed by atoms with Crippen molar-refractivity contribution >= 4 is 29.9 Å². The van der Waals surface area contributed by atoms with Crippen LogP contribution in [-0.2, 0) is 24.2 Å². The third kappa shape index (κ3) is 5.06. The standard InChI is InChI=1S/C17H30N6O.HI/c1-18-16(20-13-17(7-5-8-17)9-11-24-2)19-12-15-22-21-14-6-3-4-10-23(14)15;/h3-13H2,1-2H3,(H2,18,19,20);1H. The van der Waals surface area contributed by atoms with Crippen molar-refractivity contribution in [3.63, 3.8) is 0 Å². The maximum Gasteiger partial charge on any atom is 0.191 e. The average molecular weight is 462 g/mol. The molecular formula is C17H31IN6O. The number of halogens is 1. The molecule has 25 heavy (non-hydrogen) atoms. The van der Waals surface area contributed by atoms with E-state index in [-0.39, 0.29) is 24.0 Å². The summed E-state index contributed by atoms with van der Waals surface area (Å²) in [5, 5.41) is 15.5. The number of aromatic nitrogens is 3. The Morgan fingerprint density at radius 1 is 1.24 bits per heavy atom. The van der Waals surface area contributed by atoms with Gasteiger partial charge in [0.1, 0.15) is 5.82 Å². The molecule has 0 bridgehead atoms. The Hall–Kier alpha value is -0.900. The van der Waals surface area contributed by atoms with Crippen LogP contribution >= 0.6 is 24.0 Å². The zero-order valence-corrected chi connectivity index (χ0v) is 17.7. The SMILES string of the molecule is CN=C(NCc1nnc2n1CCCC2)NCC1(CCOC)CCC1.I. The van der Waals surface area contributed by atoms with Gasteiger partial charge in [0.05, 0.1) is 6.54 Å². The summed E-state index contributed by atoms with van der Waals surface area (Å²) in [5.41, 5.74) is 0.377. The van der Waals surface area contributed by atoms with Gasteiger partial charge in [-0.3, -0.25) is 4.99 Å². The van der Waals surface area contributed by atoms with E-state index < -0.39 is 0 Å². The highest BCUT2D eigenvalue weighted by atomic mass is 127. The van der Waals surface area contributed by atoms with Crippen molar-refractivity contribution in [3.8, 4) is 0 Å². The first kappa shape index (κ1) is 20.4. The quantitative estimate of drug-likeness (QED) is 0.369. The molecule has 7 nitrogen and oxygen atoms in total. The first-order chi connectivity index (χ1) is 11.8. The van der Waals surface area contributed by atoms with Gasteiger partial charge in [-0.15, -0.1) is 34.2 Å². The normalized spacial score (nSPS) is 18.7. The molecule has 1 aromatic heterocycles. The molecule has 1 aromatic rings. The summed E-state index contributed by atoms with van der Waals surface area (Å²) in [4.78, 5) is 4.35. The minimum Gasteiger partial charge on any atom is -0.385 e. The Kier molecular flexibility index (Phi) is 7.92. The number of fused-ring (bicyclic) bond motifs is 1. The molecule has 2 aliphatic rings. The second-order valence-electron chi connectivity index (χ2n) is 7.02. The molecule has 0 atom stereocenters. The lowest BCUT2D eigenvalue weighted by Crippen LogP contribution is -2.46. The Labute approximate surface area is 167 Å². The molecule has 2 heterocycles. The van der Waals surface area contributed by atoms with Gasteiger partial charge in [0.15, 0.2) is 11.8 Å². The molecule has 8 heteroatoms. The van der Waals surface area contributed by atoms with Crippen LogP contribution in [0.25, 0.3) is 0 Å². The van der Waals surface area contributed by atoms with Crippen molar-refractivity contribution in [2.45, 2.75) is 58.0 Å². The predicted molar refractivity (Wildman–Crippen MR) is 109 cm³/mol. The van der Waals surface area contributed by atoms with Gasteiger partial charge in [-0.25, -0.2) is 0 Å². The molecule has 0 unspecified atom stereocenters. The van der Waals surface area contributed by atoms with Gasteiger partial charge in [0, 0.05) is 40.3 Å². The van der Waals surface area contributed by atoms with E-state index in [0.717, 1.165) is 50.1 Å². The molecule has 1 saturated carbocycles. The first-order valence-electron chi connectivity index (χ1n) is 9.11. The van der Waals surface area contributed by atoms with Crippen LogP contribution in [0.3, 0.4) is 0 Å². The zero-order valence-electron chi connectivity index (χ0n) is 15.4. The van der Waals surface area contributed by atoms with Crippen LogP contribution in [0.5, 0.6) is 0 Å². The number of aliphatic imine (C=N–C) groups is 1. The van der Waals surface area contributed by atoms with Gasteiger partial charge in [0.25, 0.3) is 0 Å². The van der Waals surface area contributed by atoms with Crippen LogP contribution in [-0.4, -0.2) is 48.0 Å². The molecule has 1 aliphatic carbocycles. The Morgan fingerprint density at radius 3 is 2.76 bits per heavy atom. The van der Waals surface area contributed by atoms with Crippen LogP contribution in [0.4, 0.5) is 0 Å². The lowest BCUT2D eigenvalue weighted by atomic mass is 9.67. The molecule has 3 rings (SSSR count). The summed E-state index contributed by atoms with van der Waals surface area (Å²) < 4.78 is 7.51. The van der Waals surface area contributed by atoms with E-state index in [1.165, 1.54) is 32.1 Å². The summed E-state index contributed by atoms with van der Waals surface area (Å²) in [7, 11) is 3.59. The van der Waals surface area contributed by atoms with Crippen molar-refractivity contribution in [2.24, 2.45) is 10.4 Å². The van der Waals surface area contributed by atoms with E-state index in [9.17, 15) is 0 Å². The molecular weight excluding hydrogens is 431 g/mol. The van der Waals surface area contributed by atoms with Crippen molar-refractivity contribution in [3.05, 3.63) is 11.6 Å². The highest BCUT2D eigenvalue weighted by Gasteiger charge is 2.36. The number of nitrogens with zero attached hydrogens (tertiary/aromatic N) is 4. The van der Waals surface area contributed by atoms with Gasteiger partial charge in [-0.2, -0.15) is 0 Å². The number of hydrogen-bond donors (Lipinski definition) is 2. The fraction of sp³-hybridized carbons (Fsp3) is 0.824. The molecule has 0 saturated heterocycles. The predicted octanol–water partition coefficient (Wildman–Crippen LogP) is 2.10. The zero-order chi connectivity index (χ0) is 16.8. The molecule has 2 N–H and O–H groups in total. The lowest BCUT2D eigenvalue weighted by Gasteiger charge is -2.42. The van der Waals surface area contributed by atoms with Crippen LogP contribution < -0.4 is 10.6 Å². The van der Waals surface area contributed by atoms with Crippen molar-refractivity contribution in [2.75, 3.05) is 27.3 Å². The smallest absolute Gasteiger partial charge is 0.191 e. The largest absolute Gasteiger partial charge is 0.385 e. The maximum absolute atomic E-state index is 5.26. The molecule has 0 amide bonds. The van der Waals surface area contributed by atoms with Gasteiger partial charge in [-0.05, 0) is 37.5 Å². The number of ether oxygens (including phenoxy) is 1. The summed E-state index contributed by atoms with van der Waals surface area (Å²) in [6, 6.07) is 0. The summed E-state index contributed by atoms with van der Waals surface area (Å²) in [6.45, 7) is 3.48. The number of rotatable bonds is 7. The third-order valence-corrected chi connectivity index (χ3v) is 5.46. The highest BCUT2D eigenvalue weighted by Crippen LogP contribution is 2.43. The maximum atomic E-state index is 5.26. The Morgan fingerprint density at radius 2 is 2.08 bits per heavy atom. The van der Waals surface area contributed by atoms with Gasteiger partial charge >= 0.3 is 0 Å². The minimum atomic E-state index is 0. The third-order valence-electron chi connectivity index (χ3n) is 5.46. The number of nitrogens with one attached hydrogen (secondary N) is 2. The second kappa shape index (κ2) is 9.70. The molecule has 1 fully saturated rings. The van der Waals surface area contributed by atoms with E-state index in [1.54, 1.807) is 7.11 Å². The minimum absolute atomic E-state index is 0. The van der Waals surface area contributed by atoms with E-state index in [1.807, 2.05) is 7.05 Å². The number of methoxy groups -OCH3 is 1. The highest BCUT2D eigenvalue weighted by molar-refractivity contribution is 14.0. The van der Waals surface area contributed by atoms with E-state index in [2.05, 4.69) is 30.4 Å². The molecule has 1 aliphatic heterocycles. The summed E-state index contributed by atoms with van der Waals surface area (Å²) in [6.07, 6.45) is 8.47. The fourth-order valence-corrected chi connectivity index (χ4v) is 3.66.